The van der Waals surface area contributed by atoms with Gasteiger partial charge in [0.05, 0.1) is 23.1 Å². The van der Waals surface area contributed by atoms with Crippen LogP contribution in [0.5, 0.6) is 5.75 Å². The van der Waals surface area contributed by atoms with E-state index in [0.29, 0.717) is 27.8 Å². The molecule has 0 spiro atoms. The van der Waals surface area contributed by atoms with Crippen molar-refractivity contribution in [2.24, 2.45) is 0 Å². The van der Waals surface area contributed by atoms with Crippen molar-refractivity contribution in [2.75, 3.05) is 7.11 Å². The third kappa shape index (κ3) is 3.11. The van der Waals surface area contributed by atoms with Gasteiger partial charge in [-0.1, -0.05) is 0 Å². The van der Waals surface area contributed by atoms with Crippen LogP contribution in [0.15, 0.2) is 47.8 Å². The molecule has 0 saturated carbocycles. The third-order valence-corrected chi connectivity index (χ3v) is 5.69. The lowest BCUT2D eigenvalue weighted by Gasteiger charge is -2.14. The first-order valence-electron chi connectivity index (χ1n) is 7.75. The number of fused-ring (bicyclic) bond motifs is 1. The van der Waals surface area contributed by atoms with Crippen LogP contribution in [0.4, 0.5) is 0 Å². The molecule has 0 fully saturated rings. The number of nitrogens with zero attached hydrogens (tertiary/aromatic N) is 2. The lowest BCUT2D eigenvalue weighted by Crippen LogP contribution is -2.31. The van der Waals surface area contributed by atoms with E-state index in [2.05, 4.69) is 14.7 Å². The van der Waals surface area contributed by atoms with Crippen LogP contribution >= 0.6 is 0 Å². The highest BCUT2D eigenvalue weighted by atomic mass is 32.2. The lowest BCUT2D eigenvalue weighted by atomic mass is 10.1. The number of aromatic nitrogens is 2. The van der Waals surface area contributed by atoms with Gasteiger partial charge in [-0.2, -0.15) is 0 Å². The fraction of sp³-hybridized carbons (Fsp3) is 0.167. The molecule has 1 N–H and O–H groups in total. The summed E-state index contributed by atoms with van der Waals surface area (Å²) in [6, 6.07) is 6.09. The minimum atomic E-state index is -4.05. The Morgan fingerprint density at radius 2 is 1.85 bits per heavy atom. The zero-order valence-corrected chi connectivity index (χ0v) is 15.3. The SMILES string of the molecule is COc1ccc(S(=O)(=O)NC(=O)c2ccnc3ccncc23)c(C)c1C. The number of rotatable bonds is 4. The van der Waals surface area contributed by atoms with Gasteiger partial charge in [0, 0.05) is 24.0 Å². The molecule has 0 aliphatic rings. The predicted octanol–water partition coefficient (Wildman–Crippen LogP) is 2.37. The Kier molecular flexibility index (Phi) is 4.60. The molecule has 0 bridgehead atoms. The van der Waals surface area contributed by atoms with Crippen LogP contribution in [-0.4, -0.2) is 31.4 Å². The van der Waals surface area contributed by atoms with Crippen LogP contribution in [0, 0.1) is 13.8 Å². The van der Waals surface area contributed by atoms with Crippen LogP contribution in [0.3, 0.4) is 0 Å². The van der Waals surface area contributed by atoms with Crippen LogP contribution < -0.4 is 9.46 Å². The van der Waals surface area contributed by atoms with Crippen molar-refractivity contribution in [2.45, 2.75) is 18.7 Å². The molecule has 0 radical (unpaired) electrons. The highest BCUT2D eigenvalue weighted by Crippen LogP contribution is 2.27. The topological polar surface area (TPSA) is 98.2 Å². The van der Waals surface area contributed by atoms with Crippen molar-refractivity contribution < 1.29 is 17.9 Å². The summed E-state index contributed by atoms with van der Waals surface area (Å²) < 4.78 is 32.8. The van der Waals surface area contributed by atoms with Gasteiger partial charge in [0.25, 0.3) is 15.9 Å². The van der Waals surface area contributed by atoms with E-state index >= 15 is 0 Å². The second kappa shape index (κ2) is 6.72. The van der Waals surface area contributed by atoms with Crippen LogP contribution in [0.2, 0.25) is 0 Å². The van der Waals surface area contributed by atoms with Crippen molar-refractivity contribution in [3.05, 3.63) is 59.5 Å². The van der Waals surface area contributed by atoms with Gasteiger partial charge in [0.2, 0.25) is 0 Å². The van der Waals surface area contributed by atoms with Gasteiger partial charge >= 0.3 is 0 Å². The average Bonchev–Trinajstić information content (AvgIpc) is 2.62. The number of methoxy groups -OCH3 is 1. The first-order valence-corrected chi connectivity index (χ1v) is 9.23. The van der Waals surface area contributed by atoms with E-state index in [1.54, 1.807) is 32.2 Å². The number of carbonyl (C=O) groups is 1. The molecular weight excluding hydrogens is 354 g/mol. The third-order valence-electron chi connectivity index (χ3n) is 4.21. The summed E-state index contributed by atoms with van der Waals surface area (Å²) in [5.41, 5.74) is 1.96. The van der Waals surface area contributed by atoms with Crippen molar-refractivity contribution >= 4 is 26.8 Å². The van der Waals surface area contributed by atoms with E-state index in [-0.39, 0.29) is 10.5 Å². The molecule has 3 rings (SSSR count). The maximum Gasteiger partial charge on any atom is 0.265 e. The summed E-state index contributed by atoms with van der Waals surface area (Å²) in [5.74, 6) is -0.155. The molecule has 0 aliphatic carbocycles. The largest absolute Gasteiger partial charge is 0.496 e. The molecule has 0 saturated heterocycles. The highest BCUT2D eigenvalue weighted by molar-refractivity contribution is 7.90. The first-order chi connectivity index (χ1) is 12.3. The first kappa shape index (κ1) is 17.8. The standard InChI is InChI=1S/C18H17N3O4S/c1-11-12(2)17(5-4-16(11)25-3)26(23,24)21-18(22)13-6-9-20-15-7-8-19-10-14(13)15/h4-10H,1-3H3,(H,21,22). The molecule has 2 heterocycles. The van der Waals surface area contributed by atoms with E-state index in [9.17, 15) is 13.2 Å². The van der Waals surface area contributed by atoms with Crippen molar-refractivity contribution in [1.82, 2.24) is 14.7 Å². The Morgan fingerprint density at radius 1 is 1.08 bits per heavy atom. The number of benzene rings is 1. The predicted molar refractivity (Wildman–Crippen MR) is 96.7 cm³/mol. The average molecular weight is 371 g/mol. The molecule has 0 unspecified atom stereocenters. The zero-order valence-electron chi connectivity index (χ0n) is 14.5. The number of amides is 1. The zero-order chi connectivity index (χ0) is 18.9. The number of hydrogen-bond donors (Lipinski definition) is 1. The Labute approximate surface area is 151 Å². The molecular formula is C18H17N3O4S. The molecule has 3 aromatic rings. The number of hydrogen-bond acceptors (Lipinski definition) is 6. The van der Waals surface area contributed by atoms with E-state index < -0.39 is 15.9 Å². The number of ether oxygens (including phenoxy) is 1. The van der Waals surface area contributed by atoms with Crippen LogP contribution in [0.25, 0.3) is 10.9 Å². The number of sulfonamides is 1. The molecule has 2 aromatic heterocycles. The van der Waals surface area contributed by atoms with E-state index in [4.69, 9.17) is 4.74 Å². The van der Waals surface area contributed by atoms with Gasteiger partial charge < -0.3 is 4.74 Å². The maximum absolute atomic E-state index is 12.7. The molecule has 8 heteroatoms. The summed E-state index contributed by atoms with van der Waals surface area (Å²) >= 11 is 0. The number of carbonyl (C=O) groups excluding carboxylic acids is 1. The molecule has 1 amide bonds. The Hall–Kier alpha value is -3.00. The normalized spacial score (nSPS) is 11.3. The van der Waals surface area contributed by atoms with E-state index in [1.807, 2.05) is 0 Å². The lowest BCUT2D eigenvalue weighted by molar-refractivity contribution is 0.0983. The molecule has 1 aromatic carbocycles. The summed E-state index contributed by atoms with van der Waals surface area (Å²) in [6.45, 7) is 3.43. The Bertz CT molecular complexity index is 1110. The van der Waals surface area contributed by atoms with Crippen molar-refractivity contribution in [3.63, 3.8) is 0 Å². The summed E-state index contributed by atoms with van der Waals surface area (Å²) in [7, 11) is -2.54. The molecule has 7 nitrogen and oxygen atoms in total. The minimum absolute atomic E-state index is 0.0284. The highest BCUT2D eigenvalue weighted by Gasteiger charge is 2.23. The van der Waals surface area contributed by atoms with Gasteiger partial charge in [-0.3, -0.25) is 14.8 Å². The van der Waals surface area contributed by atoms with E-state index in [1.165, 1.54) is 31.6 Å². The van der Waals surface area contributed by atoms with Crippen LogP contribution in [0.1, 0.15) is 21.5 Å². The molecule has 0 atom stereocenters. The van der Waals surface area contributed by atoms with Gasteiger partial charge in [-0.25, -0.2) is 13.1 Å². The van der Waals surface area contributed by atoms with E-state index in [0.717, 1.165) is 0 Å². The quantitative estimate of drug-likeness (QED) is 0.756. The Balaban J connectivity index is 2.00. The number of pyridine rings is 2. The van der Waals surface area contributed by atoms with Crippen LogP contribution in [-0.2, 0) is 10.0 Å². The fourth-order valence-electron chi connectivity index (χ4n) is 2.70. The van der Waals surface area contributed by atoms with Crippen molar-refractivity contribution in [3.8, 4) is 5.75 Å². The smallest absolute Gasteiger partial charge is 0.265 e. The molecule has 134 valence electrons. The molecule has 0 aliphatic heterocycles. The molecule has 26 heavy (non-hydrogen) atoms. The monoisotopic (exact) mass is 371 g/mol. The van der Waals surface area contributed by atoms with Gasteiger partial charge in [0.15, 0.2) is 0 Å². The Morgan fingerprint density at radius 3 is 2.58 bits per heavy atom. The summed E-state index contributed by atoms with van der Waals surface area (Å²) in [6.07, 6.45) is 4.48. The summed E-state index contributed by atoms with van der Waals surface area (Å²) in [5, 5.41) is 0.477. The second-order valence-corrected chi connectivity index (χ2v) is 7.35. The number of nitrogens with one attached hydrogen (secondary N) is 1. The maximum atomic E-state index is 12.7. The second-order valence-electron chi connectivity index (χ2n) is 5.70. The van der Waals surface area contributed by atoms with Crippen molar-refractivity contribution in [1.29, 1.82) is 0 Å². The fourth-order valence-corrected chi connectivity index (χ4v) is 3.97. The van der Waals surface area contributed by atoms with Gasteiger partial charge in [-0.05, 0) is 49.2 Å². The minimum Gasteiger partial charge on any atom is -0.496 e. The summed E-state index contributed by atoms with van der Waals surface area (Å²) in [4.78, 5) is 20.7. The van der Waals surface area contributed by atoms with Gasteiger partial charge in [0.1, 0.15) is 5.75 Å². The van der Waals surface area contributed by atoms with Gasteiger partial charge in [-0.15, -0.1) is 0 Å².